The van der Waals surface area contributed by atoms with E-state index in [1.165, 1.54) is 16.2 Å². The topological polar surface area (TPSA) is 55.3 Å². The van der Waals surface area contributed by atoms with E-state index in [0.717, 1.165) is 31.7 Å². The van der Waals surface area contributed by atoms with Crippen molar-refractivity contribution >= 4 is 29.0 Å². The second-order valence-electron chi connectivity index (χ2n) is 5.31. The van der Waals surface area contributed by atoms with Gasteiger partial charge in [-0.1, -0.05) is 29.5 Å². The molecule has 122 valence electrons. The summed E-state index contributed by atoms with van der Waals surface area (Å²) in [6, 6.07) is 10.2. The number of carbonyl (C=O) groups excluding carboxylic acids is 1. The summed E-state index contributed by atoms with van der Waals surface area (Å²) < 4.78 is 5.77. The van der Waals surface area contributed by atoms with Crippen molar-refractivity contribution in [3.63, 3.8) is 0 Å². The molecule has 3 rings (SSSR count). The Morgan fingerprint density at radius 3 is 2.78 bits per heavy atom. The minimum absolute atomic E-state index is 0.144. The fourth-order valence-electron chi connectivity index (χ4n) is 2.51. The molecular formula is C16H19N3O2S2. The SMILES string of the molecule is O=C(CCSc1ccccc1)N1CCC(Oc2nncs2)CC1. The molecule has 5 nitrogen and oxygen atoms in total. The van der Waals surface area contributed by atoms with Gasteiger partial charge in [0.1, 0.15) is 11.6 Å². The normalized spacial score (nSPS) is 15.6. The van der Waals surface area contributed by atoms with Crippen LogP contribution in [-0.4, -0.2) is 46.0 Å². The number of hydrogen-bond acceptors (Lipinski definition) is 6. The zero-order valence-corrected chi connectivity index (χ0v) is 14.4. The van der Waals surface area contributed by atoms with Crippen LogP contribution >= 0.6 is 23.1 Å². The van der Waals surface area contributed by atoms with Crippen molar-refractivity contribution in [2.24, 2.45) is 0 Å². The molecule has 0 N–H and O–H groups in total. The zero-order valence-electron chi connectivity index (χ0n) is 12.8. The van der Waals surface area contributed by atoms with Crippen molar-refractivity contribution in [2.75, 3.05) is 18.8 Å². The average Bonchev–Trinajstić information content (AvgIpc) is 3.09. The lowest BCUT2D eigenvalue weighted by atomic mass is 10.1. The molecule has 1 aromatic heterocycles. The minimum atomic E-state index is 0.144. The van der Waals surface area contributed by atoms with Gasteiger partial charge in [-0.3, -0.25) is 4.79 Å². The molecule has 0 spiro atoms. The van der Waals surface area contributed by atoms with E-state index in [9.17, 15) is 4.79 Å². The fraction of sp³-hybridized carbons (Fsp3) is 0.438. The number of hydrogen-bond donors (Lipinski definition) is 0. The summed E-state index contributed by atoms with van der Waals surface area (Å²) in [6.45, 7) is 1.52. The van der Waals surface area contributed by atoms with Crippen LogP contribution in [0.25, 0.3) is 0 Å². The van der Waals surface area contributed by atoms with Gasteiger partial charge in [-0.05, 0) is 12.1 Å². The van der Waals surface area contributed by atoms with Crippen LogP contribution in [0.15, 0.2) is 40.7 Å². The van der Waals surface area contributed by atoms with E-state index in [4.69, 9.17) is 4.74 Å². The first-order chi connectivity index (χ1) is 11.3. The van der Waals surface area contributed by atoms with Gasteiger partial charge < -0.3 is 9.64 Å². The molecule has 23 heavy (non-hydrogen) atoms. The maximum absolute atomic E-state index is 12.3. The lowest BCUT2D eigenvalue weighted by Crippen LogP contribution is -2.41. The standard InChI is InChI=1S/C16H19N3O2S2/c20-15(8-11-22-14-4-2-1-3-5-14)19-9-6-13(7-10-19)21-16-18-17-12-23-16/h1-5,12-13H,6-11H2. The third-order valence-electron chi connectivity index (χ3n) is 3.73. The van der Waals surface area contributed by atoms with Gasteiger partial charge in [0.2, 0.25) is 5.91 Å². The van der Waals surface area contributed by atoms with Gasteiger partial charge in [-0.15, -0.1) is 22.0 Å². The third kappa shape index (κ3) is 4.94. The Morgan fingerprint density at radius 2 is 2.09 bits per heavy atom. The van der Waals surface area contributed by atoms with E-state index >= 15 is 0 Å². The maximum Gasteiger partial charge on any atom is 0.294 e. The molecule has 0 atom stereocenters. The minimum Gasteiger partial charge on any atom is -0.465 e. The monoisotopic (exact) mass is 349 g/mol. The Morgan fingerprint density at radius 1 is 1.30 bits per heavy atom. The van der Waals surface area contributed by atoms with Crippen LogP contribution in [0.5, 0.6) is 5.19 Å². The molecule has 0 radical (unpaired) electrons. The first-order valence-corrected chi connectivity index (χ1v) is 9.56. The first-order valence-electron chi connectivity index (χ1n) is 7.70. The van der Waals surface area contributed by atoms with Gasteiger partial charge in [0.25, 0.3) is 5.19 Å². The summed E-state index contributed by atoms with van der Waals surface area (Å²) in [7, 11) is 0. The van der Waals surface area contributed by atoms with Crippen LogP contribution < -0.4 is 4.74 Å². The predicted molar refractivity (Wildman–Crippen MR) is 91.9 cm³/mol. The Bertz CT molecular complexity index is 599. The van der Waals surface area contributed by atoms with Crippen LogP contribution in [0.3, 0.4) is 0 Å². The predicted octanol–water partition coefficient (Wildman–Crippen LogP) is 3.09. The molecule has 1 saturated heterocycles. The third-order valence-corrected chi connectivity index (χ3v) is 5.32. The van der Waals surface area contributed by atoms with E-state index in [1.807, 2.05) is 23.1 Å². The van der Waals surface area contributed by atoms with Crippen LogP contribution in [0, 0.1) is 0 Å². The van der Waals surface area contributed by atoms with Crippen LogP contribution in [-0.2, 0) is 4.79 Å². The van der Waals surface area contributed by atoms with Crippen molar-refractivity contribution in [2.45, 2.75) is 30.3 Å². The highest BCUT2D eigenvalue weighted by atomic mass is 32.2. The Kier molecular flexibility index (Phi) is 5.87. The summed E-state index contributed by atoms with van der Waals surface area (Å²) in [6.07, 6.45) is 2.45. The van der Waals surface area contributed by atoms with E-state index < -0.39 is 0 Å². The number of rotatable bonds is 6. The number of thioether (sulfide) groups is 1. The largest absolute Gasteiger partial charge is 0.465 e. The maximum atomic E-state index is 12.3. The summed E-state index contributed by atoms with van der Waals surface area (Å²) in [5.74, 6) is 1.06. The highest BCUT2D eigenvalue weighted by Gasteiger charge is 2.24. The van der Waals surface area contributed by atoms with Gasteiger partial charge in [0, 0.05) is 43.0 Å². The number of amides is 1. The molecule has 1 aromatic carbocycles. The molecule has 1 aliphatic rings. The number of ether oxygens (including phenoxy) is 1. The van der Waals surface area contributed by atoms with Crippen molar-refractivity contribution in [3.05, 3.63) is 35.8 Å². The summed E-state index contributed by atoms with van der Waals surface area (Å²) in [5, 5.41) is 8.28. The Hall–Kier alpha value is -1.60. The average molecular weight is 349 g/mol. The summed E-state index contributed by atoms with van der Waals surface area (Å²) >= 11 is 3.13. The molecule has 0 saturated carbocycles. The Balaban J connectivity index is 1.36. The van der Waals surface area contributed by atoms with Crippen molar-refractivity contribution < 1.29 is 9.53 Å². The van der Waals surface area contributed by atoms with E-state index in [-0.39, 0.29) is 12.0 Å². The molecule has 1 aliphatic heterocycles. The highest BCUT2D eigenvalue weighted by Crippen LogP contribution is 2.21. The smallest absolute Gasteiger partial charge is 0.294 e. The molecule has 2 heterocycles. The lowest BCUT2D eigenvalue weighted by molar-refractivity contribution is -0.132. The van der Waals surface area contributed by atoms with Gasteiger partial charge in [-0.2, -0.15) is 0 Å². The number of likely N-dealkylation sites (tertiary alicyclic amines) is 1. The van der Waals surface area contributed by atoms with Crippen molar-refractivity contribution in [1.82, 2.24) is 15.1 Å². The van der Waals surface area contributed by atoms with Crippen molar-refractivity contribution in [1.29, 1.82) is 0 Å². The number of nitrogens with zero attached hydrogens (tertiary/aromatic N) is 3. The van der Waals surface area contributed by atoms with Crippen molar-refractivity contribution in [3.8, 4) is 5.19 Å². The van der Waals surface area contributed by atoms with Crippen LogP contribution in [0.2, 0.25) is 0 Å². The quantitative estimate of drug-likeness (QED) is 0.750. The van der Waals surface area contributed by atoms with Gasteiger partial charge in [0.15, 0.2) is 0 Å². The summed E-state index contributed by atoms with van der Waals surface area (Å²) in [4.78, 5) is 15.4. The molecular weight excluding hydrogens is 330 g/mol. The van der Waals surface area contributed by atoms with E-state index in [0.29, 0.717) is 11.6 Å². The van der Waals surface area contributed by atoms with Gasteiger partial charge in [0.05, 0.1) is 0 Å². The summed E-state index contributed by atoms with van der Waals surface area (Å²) in [5.41, 5.74) is 1.67. The van der Waals surface area contributed by atoms with E-state index in [2.05, 4.69) is 22.3 Å². The first kappa shape index (κ1) is 16.3. The van der Waals surface area contributed by atoms with Gasteiger partial charge in [-0.25, -0.2) is 0 Å². The lowest BCUT2D eigenvalue weighted by Gasteiger charge is -2.31. The molecule has 1 fully saturated rings. The zero-order chi connectivity index (χ0) is 15.9. The van der Waals surface area contributed by atoms with E-state index in [1.54, 1.807) is 17.3 Å². The highest BCUT2D eigenvalue weighted by molar-refractivity contribution is 7.99. The molecule has 0 aliphatic carbocycles. The Labute approximate surface area is 144 Å². The molecule has 2 aromatic rings. The molecule has 0 bridgehead atoms. The second-order valence-corrected chi connectivity index (χ2v) is 7.28. The molecule has 7 heteroatoms. The fourth-order valence-corrected chi connectivity index (χ4v) is 3.84. The van der Waals surface area contributed by atoms with Crippen LogP contribution in [0.1, 0.15) is 19.3 Å². The van der Waals surface area contributed by atoms with Crippen LogP contribution in [0.4, 0.5) is 0 Å². The number of benzene rings is 1. The number of carbonyl (C=O) groups is 1. The molecule has 0 unspecified atom stereocenters. The molecule has 1 amide bonds. The second kappa shape index (κ2) is 8.31. The number of aromatic nitrogens is 2. The number of piperidine rings is 1. The van der Waals surface area contributed by atoms with Gasteiger partial charge >= 0.3 is 0 Å².